The molecule has 5 heterocycles. The molecule has 1 atom stereocenters. The van der Waals surface area contributed by atoms with Crippen LogP contribution < -0.4 is 5.56 Å². The van der Waals surface area contributed by atoms with Crippen molar-refractivity contribution in [1.82, 2.24) is 13.9 Å². The zero-order valence-corrected chi connectivity index (χ0v) is 19.5. The van der Waals surface area contributed by atoms with Crippen LogP contribution in [0.5, 0.6) is 0 Å². The van der Waals surface area contributed by atoms with Crippen molar-refractivity contribution >= 4 is 27.6 Å². The summed E-state index contributed by atoms with van der Waals surface area (Å²) in [6.45, 7) is 2.68. The SMILES string of the molecule is CCC1(O)C(=O)OCc2c1cc1n(c2=O)Cc2c-1nc1ccccc1c2CN1CCCS1(O)O. The van der Waals surface area contributed by atoms with Gasteiger partial charge in [0.1, 0.15) is 6.61 Å². The predicted molar refractivity (Wildman–Crippen MR) is 127 cm³/mol. The second-order valence-electron chi connectivity index (χ2n) is 9.09. The van der Waals surface area contributed by atoms with Crippen molar-refractivity contribution in [2.24, 2.45) is 0 Å². The van der Waals surface area contributed by atoms with E-state index < -0.39 is 22.3 Å². The van der Waals surface area contributed by atoms with Crippen LogP contribution in [0.3, 0.4) is 0 Å². The largest absolute Gasteiger partial charge is 0.458 e. The van der Waals surface area contributed by atoms with Gasteiger partial charge in [-0.3, -0.25) is 13.9 Å². The molecule has 0 aliphatic carbocycles. The average Bonchev–Trinajstić information content (AvgIpc) is 3.36. The number of hydrogen-bond acceptors (Lipinski definition) is 8. The molecule has 1 unspecified atom stereocenters. The van der Waals surface area contributed by atoms with E-state index in [-0.39, 0.29) is 36.3 Å². The van der Waals surface area contributed by atoms with Crippen LogP contribution in [0.4, 0.5) is 0 Å². The minimum atomic E-state index is -2.83. The Kier molecular flexibility index (Phi) is 4.71. The molecule has 1 fully saturated rings. The van der Waals surface area contributed by atoms with Crippen molar-refractivity contribution in [3.8, 4) is 11.4 Å². The smallest absolute Gasteiger partial charge is 0.343 e. The average molecular weight is 484 g/mol. The number of ether oxygens (including phenoxy) is 1. The van der Waals surface area contributed by atoms with E-state index >= 15 is 0 Å². The molecule has 0 saturated carbocycles. The molecule has 9 nitrogen and oxygen atoms in total. The fourth-order valence-electron chi connectivity index (χ4n) is 5.36. The van der Waals surface area contributed by atoms with E-state index in [0.29, 0.717) is 36.7 Å². The minimum Gasteiger partial charge on any atom is -0.458 e. The van der Waals surface area contributed by atoms with Gasteiger partial charge in [0.25, 0.3) is 5.56 Å². The fourth-order valence-corrected chi connectivity index (χ4v) is 6.89. The van der Waals surface area contributed by atoms with Crippen molar-refractivity contribution in [3.05, 3.63) is 62.9 Å². The maximum absolute atomic E-state index is 13.5. The molecule has 178 valence electrons. The molecular weight excluding hydrogens is 458 g/mol. The first-order chi connectivity index (χ1) is 16.2. The number of carbonyl (C=O) groups is 1. The number of hydrogen-bond donors (Lipinski definition) is 3. The van der Waals surface area contributed by atoms with Crippen molar-refractivity contribution in [2.75, 3.05) is 12.3 Å². The minimum absolute atomic E-state index is 0.0812. The lowest BCUT2D eigenvalue weighted by atomic mass is 9.86. The van der Waals surface area contributed by atoms with Crippen LogP contribution in [0.15, 0.2) is 35.1 Å². The lowest BCUT2D eigenvalue weighted by Crippen LogP contribution is -2.44. The monoisotopic (exact) mass is 483 g/mol. The molecular formula is C24H25N3O6S. The number of aromatic nitrogens is 2. The molecule has 2 aromatic heterocycles. The lowest BCUT2D eigenvalue weighted by Gasteiger charge is -2.37. The maximum Gasteiger partial charge on any atom is 0.343 e. The Morgan fingerprint density at radius 3 is 2.74 bits per heavy atom. The zero-order valence-electron chi connectivity index (χ0n) is 18.7. The molecule has 0 amide bonds. The van der Waals surface area contributed by atoms with Crippen LogP contribution in [0.1, 0.15) is 42.0 Å². The van der Waals surface area contributed by atoms with E-state index in [1.807, 2.05) is 24.3 Å². The molecule has 10 heteroatoms. The maximum atomic E-state index is 13.5. The quantitative estimate of drug-likeness (QED) is 0.380. The van der Waals surface area contributed by atoms with Gasteiger partial charge in [0.05, 0.1) is 34.8 Å². The Labute approximate surface area is 197 Å². The van der Waals surface area contributed by atoms with Gasteiger partial charge in [0.15, 0.2) is 5.60 Å². The van der Waals surface area contributed by atoms with Crippen molar-refractivity contribution in [1.29, 1.82) is 0 Å². The van der Waals surface area contributed by atoms with Gasteiger partial charge in [-0.1, -0.05) is 25.1 Å². The van der Waals surface area contributed by atoms with Crippen LogP contribution in [-0.2, 0) is 34.8 Å². The number of fused-ring (bicyclic) bond motifs is 5. The summed E-state index contributed by atoms with van der Waals surface area (Å²) in [5, 5.41) is 12.0. The Morgan fingerprint density at radius 1 is 1.21 bits per heavy atom. The molecule has 3 aliphatic rings. The van der Waals surface area contributed by atoms with E-state index in [2.05, 4.69) is 0 Å². The van der Waals surface area contributed by atoms with Crippen molar-refractivity contribution in [2.45, 2.75) is 45.1 Å². The van der Waals surface area contributed by atoms with Gasteiger partial charge in [-0.25, -0.2) is 14.1 Å². The molecule has 1 saturated heterocycles. The number of rotatable bonds is 3. The predicted octanol–water partition coefficient (Wildman–Crippen LogP) is 2.95. The number of benzene rings is 1. The number of esters is 1. The summed E-state index contributed by atoms with van der Waals surface area (Å²) in [6.07, 6.45) is 0.793. The first kappa shape index (κ1) is 21.8. The second-order valence-corrected chi connectivity index (χ2v) is 11.3. The summed E-state index contributed by atoms with van der Waals surface area (Å²) in [5.74, 6) is -0.398. The van der Waals surface area contributed by atoms with Gasteiger partial charge in [-0.2, -0.15) is 0 Å². The Hall–Kier alpha value is -2.76. The Bertz CT molecular complexity index is 1430. The Balaban J connectivity index is 1.58. The van der Waals surface area contributed by atoms with Crippen LogP contribution in [0.2, 0.25) is 0 Å². The highest BCUT2D eigenvalue weighted by Crippen LogP contribution is 2.50. The number of nitrogens with zero attached hydrogens (tertiary/aromatic N) is 3. The Morgan fingerprint density at radius 2 is 2.00 bits per heavy atom. The third kappa shape index (κ3) is 2.93. The summed E-state index contributed by atoms with van der Waals surface area (Å²) in [7, 11) is -2.83. The van der Waals surface area contributed by atoms with Gasteiger partial charge in [-0.05, 0) is 30.5 Å². The van der Waals surface area contributed by atoms with Crippen LogP contribution in [0.25, 0.3) is 22.3 Å². The lowest BCUT2D eigenvalue weighted by molar-refractivity contribution is -0.172. The van der Waals surface area contributed by atoms with E-state index in [1.165, 1.54) is 0 Å². The first-order valence-electron chi connectivity index (χ1n) is 11.3. The number of pyridine rings is 2. The number of cyclic esters (lactones) is 1. The van der Waals surface area contributed by atoms with Gasteiger partial charge in [0, 0.05) is 29.6 Å². The zero-order chi connectivity index (χ0) is 23.8. The van der Waals surface area contributed by atoms with Gasteiger partial charge >= 0.3 is 5.97 Å². The molecule has 3 aliphatic heterocycles. The molecule has 34 heavy (non-hydrogen) atoms. The fraction of sp³-hybridized carbons (Fsp3) is 0.375. The summed E-state index contributed by atoms with van der Waals surface area (Å²) >= 11 is 0. The highest BCUT2D eigenvalue weighted by atomic mass is 32.3. The molecule has 3 aromatic rings. The highest BCUT2D eigenvalue weighted by Gasteiger charge is 2.45. The van der Waals surface area contributed by atoms with Crippen LogP contribution in [-0.4, -0.2) is 46.3 Å². The van der Waals surface area contributed by atoms with Gasteiger partial charge in [-0.15, -0.1) is 10.8 Å². The van der Waals surface area contributed by atoms with Gasteiger partial charge < -0.3 is 14.4 Å². The van der Waals surface area contributed by atoms with Crippen molar-refractivity contribution in [3.63, 3.8) is 0 Å². The molecule has 0 bridgehead atoms. The molecule has 0 radical (unpaired) electrons. The standard InChI is InChI=1S/C24H25N3O6S/c1-2-24(30)18-10-20-21-16(12-27(20)22(28)17(18)13-33-23(24)29)15(11-26-8-5-9-34(26,31)32)14-6-3-4-7-19(14)25-21/h3-4,6-7,10,30-32H,2,5,8-9,11-13H2,1H3. The first-order valence-corrected chi connectivity index (χ1v) is 13.0. The summed E-state index contributed by atoms with van der Waals surface area (Å²) in [5.41, 5.74) is 2.00. The van der Waals surface area contributed by atoms with E-state index in [9.17, 15) is 23.8 Å². The molecule has 6 rings (SSSR count). The van der Waals surface area contributed by atoms with Crippen LogP contribution in [0, 0.1) is 0 Å². The van der Waals surface area contributed by atoms with Gasteiger partial charge in [0.2, 0.25) is 0 Å². The summed E-state index contributed by atoms with van der Waals surface area (Å²) in [4.78, 5) is 30.7. The summed E-state index contributed by atoms with van der Waals surface area (Å²) < 4.78 is 29.5. The third-order valence-corrected chi connectivity index (χ3v) is 9.26. The van der Waals surface area contributed by atoms with Crippen molar-refractivity contribution < 1.29 is 23.7 Å². The van der Waals surface area contributed by atoms with E-state index in [0.717, 1.165) is 22.0 Å². The number of aliphatic hydroxyl groups is 1. The topological polar surface area (TPSA) is 125 Å². The third-order valence-electron chi connectivity index (χ3n) is 7.29. The molecule has 3 N–H and O–H groups in total. The highest BCUT2D eigenvalue weighted by molar-refractivity contribution is 8.22. The summed E-state index contributed by atoms with van der Waals surface area (Å²) in [6, 6.07) is 9.34. The van der Waals surface area contributed by atoms with Crippen LogP contribution >= 0.6 is 10.8 Å². The molecule has 1 aromatic carbocycles. The number of carbonyl (C=O) groups excluding carboxylic acids is 1. The molecule has 0 spiro atoms. The van der Waals surface area contributed by atoms with E-state index in [1.54, 1.807) is 21.9 Å². The number of para-hydroxylation sites is 1. The normalized spacial score (nSPS) is 23.9. The second kappa shape index (κ2) is 7.37. The van der Waals surface area contributed by atoms with E-state index in [4.69, 9.17) is 9.72 Å².